The second-order valence-electron chi connectivity index (χ2n) is 7.70. The van der Waals surface area contributed by atoms with E-state index in [1.54, 1.807) is 29.9 Å². The van der Waals surface area contributed by atoms with Crippen LogP contribution in [0.1, 0.15) is 53.0 Å². The molecule has 0 aliphatic rings. The van der Waals surface area contributed by atoms with Crippen molar-refractivity contribution in [3.63, 3.8) is 0 Å². The first-order valence-corrected chi connectivity index (χ1v) is 9.98. The molecule has 0 saturated heterocycles. The first kappa shape index (κ1) is 20.4. The van der Waals surface area contributed by atoms with Crippen LogP contribution < -0.4 is 5.32 Å². The Labute approximate surface area is 179 Å². The molecule has 0 fully saturated rings. The van der Waals surface area contributed by atoms with Crippen molar-refractivity contribution in [1.29, 1.82) is 0 Å². The lowest BCUT2D eigenvalue weighted by molar-refractivity contribution is 0.0950. The van der Waals surface area contributed by atoms with Gasteiger partial charge >= 0.3 is 0 Å². The summed E-state index contributed by atoms with van der Waals surface area (Å²) in [6, 6.07) is 11.2. The lowest BCUT2D eigenvalue weighted by atomic mass is 10.0. The van der Waals surface area contributed by atoms with Crippen LogP contribution in [0.25, 0.3) is 16.9 Å². The van der Waals surface area contributed by atoms with E-state index in [-0.39, 0.29) is 18.4 Å². The SMILES string of the molecule is Cc1ccc(-c2cc(C(=O)NCc3cc(C)on3)cc(-n3nnnc3C(C)C)c2)nc1. The molecule has 1 aromatic carbocycles. The second kappa shape index (κ2) is 8.47. The first-order valence-electron chi connectivity index (χ1n) is 9.98. The number of nitrogens with zero attached hydrogens (tertiary/aromatic N) is 6. The van der Waals surface area contributed by atoms with Gasteiger partial charge in [-0.2, -0.15) is 4.68 Å². The minimum atomic E-state index is -0.241. The van der Waals surface area contributed by atoms with Gasteiger partial charge in [-0.1, -0.05) is 25.1 Å². The van der Waals surface area contributed by atoms with Crippen LogP contribution in [0.15, 0.2) is 47.1 Å². The van der Waals surface area contributed by atoms with Gasteiger partial charge in [0.25, 0.3) is 5.91 Å². The molecule has 0 spiro atoms. The number of aryl methyl sites for hydroxylation is 2. The highest BCUT2D eigenvalue weighted by Crippen LogP contribution is 2.25. The predicted octanol–water partition coefficient (Wildman–Crippen LogP) is 3.38. The summed E-state index contributed by atoms with van der Waals surface area (Å²) in [7, 11) is 0. The highest BCUT2D eigenvalue weighted by Gasteiger charge is 2.17. The summed E-state index contributed by atoms with van der Waals surface area (Å²) in [5, 5.41) is 18.9. The van der Waals surface area contributed by atoms with E-state index in [2.05, 4.69) is 31.0 Å². The van der Waals surface area contributed by atoms with Gasteiger partial charge in [0.1, 0.15) is 11.5 Å². The number of carbonyl (C=O) groups excluding carboxylic acids is 1. The van der Waals surface area contributed by atoms with E-state index in [0.717, 1.165) is 16.8 Å². The minimum absolute atomic E-state index is 0.115. The van der Waals surface area contributed by atoms with E-state index in [1.807, 2.05) is 45.0 Å². The van der Waals surface area contributed by atoms with Crippen LogP contribution in [0, 0.1) is 13.8 Å². The number of hydrogen-bond acceptors (Lipinski definition) is 7. The molecule has 1 N–H and O–H groups in total. The van der Waals surface area contributed by atoms with Crippen LogP contribution >= 0.6 is 0 Å². The summed E-state index contributed by atoms with van der Waals surface area (Å²) in [6.07, 6.45) is 1.80. The zero-order valence-corrected chi connectivity index (χ0v) is 17.8. The second-order valence-corrected chi connectivity index (χ2v) is 7.70. The number of carbonyl (C=O) groups is 1. The van der Waals surface area contributed by atoms with Crippen LogP contribution in [-0.2, 0) is 6.54 Å². The fraction of sp³-hybridized carbons (Fsp3) is 0.273. The lowest BCUT2D eigenvalue weighted by Crippen LogP contribution is -2.23. The van der Waals surface area contributed by atoms with Crippen LogP contribution in [0.4, 0.5) is 0 Å². The van der Waals surface area contributed by atoms with Crippen molar-refractivity contribution in [3.8, 4) is 16.9 Å². The monoisotopic (exact) mass is 417 g/mol. The molecule has 158 valence electrons. The average molecular weight is 417 g/mol. The molecule has 9 heteroatoms. The van der Waals surface area contributed by atoms with E-state index in [9.17, 15) is 4.79 Å². The Morgan fingerprint density at radius 3 is 2.68 bits per heavy atom. The lowest BCUT2D eigenvalue weighted by Gasteiger charge is -2.12. The Morgan fingerprint density at radius 2 is 2.00 bits per heavy atom. The van der Waals surface area contributed by atoms with Gasteiger partial charge in [0.05, 0.1) is 17.9 Å². The Balaban J connectivity index is 1.72. The van der Waals surface area contributed by atoms with Gasteiger partial charge < -0.3 is 9.84 Å². The molecule has 0 atom stereocenters. The van der Waals surface area contributed by atoms with Gasteiger partial charge in [-0.05, 0) is 54.1 Å². The Hall–Kier alpha value is -3.88. The van der Waals surface area contributed by atoms with Crippen LogP contribution in [-0.4, -0.2) is 36.3 Å². The maximum Gasteiger partial charge on any atom is 0.251 e. The molecule has 3 aromatic heterocycles. The van der Waals surface area contributed by atoms with Crippen LogP contribution in [0.3, 0.4) is 0 Å². The maximum atomic E-state index is 13.0. The van der Waals surface area contributed by atoms with Crippen molar-refractivity contribution in [2.45, 2.75) is 40.2 Å². The van der Waals surface area contributed by atoms with E-state index in [4.69, 9.17) is 4.52 Å². The Bertz CT molecular complexity index is 1210. The molecular weight excluding hydrogens is 394 g/mol. The van der Waals surface area contributed by atoms with Crippen molar-refractivity contribution in [2.24, 2.45) is 0 Å². The average Bonchev–Trinajstić information content (AvgIpc) is 3.41. The largest absolute Gasteiger partial charge is 0.361 e. The van der Waals surface area contributed by atoms with E-state index >= 15 is 0 Å². The molecule has 9 nitrogen and oxygen atoms in total. The van der Waals surface area contributed by atoms with Gasteiger partial charge in [-0.15, -0.1) is 5.10 Å². The fourth-order valence-electron chi connectivity index (χ4n) is 3.16. The first-order chi connectivity index (χ1) is 14.9. The summed E-state index contributed by atoms with van der Waals surface area (Å²) in [5.74, 6) is 1.27. The fourth-order valence-corrected chi connectivity index (χ4v) is 3.16. The number of benzene rings is 1. The molecule has 0 aliphatic carbocycles. The van der Waals surface area contributed by atoms with Gasteiger partial charge in [0, 0.05) is 29.3 Å². The molecule has 4 rings (SSSR count). The zero-order chi connectivity index (χ0) is 22.0. The summed E-state index contributed by atoms with van der Waals surface area (Å²) >= 11 is 0. The predicted molar refractivity (Wildman–Crippen MR) is 114 cm³/mol. The number of aromatic nitrogens is 6. The van der Waals surface area contributed by atoms with Crippen molar-refractivity contribution in [3.05, 3.63) is 71.0 Å². The van der Waals surface area contributed by atoms with Crippen molar-refractivity contribution in [2.75, 3.05) is 0 Å². The van der Waals surface area contributed by atoms with E-state index in [1.165, 1.54) is 0 Å². The van der Waals surface area contributed by atoms with E-state index in [0.29, 0.717) is 28.5 Å². The molecule has 31 heavy (non-hydrogen) atoms. The summed E-state index contributed by atoms with van der Waals surface area (Å²) in [5.41, 5.74) is 4.43. The Kier molecular flexibility index (Phi) is 5.57. The van der Waals surface area contributed by atoms with E-state index < -0.39 is 0 Å². The van der Waals surface area contributed by atoms with Crippen molar-refractivity contribution >= 4 is 5.91 Å². The third kappa shape index (κ3) is 4.50. The molecule has 0 radical (unpaired) electrons. The molecule has 4 aromatic rings. The molecule has 0 saturated carbocycles. The number of hydrogen-bond donors (Lipinski definition) is 1. The quantitative estimate of drug-likeness (QED) is 0.512. The standard InChI is InChI=1S/C22H23N7O2/c1-13(2)21-25-27-28-29(21)19-9-16(20-6-5-14(3)11-23-20)8-17(10-19)22(30)24-12-18-7-15(4)31-26-18/h5-11,13H,12H2,1-4H3,(H,24,30). The molecular formula is C22H23N7O2. The van der Waals surface area contributed by atoms with Gasteiger partial charge in [-0.3, -0.25) is 9.78 Å². The number of nitrogens with one attached hydrogen (secondary N) is 1. The number of rotatable bonds is 6. The normalized spacial score (nSPS) is 11.1. The third-order valence-electron chi connectivity index (χ3n) is 4.75. The molecule has 1 amide bonds. The highest BCUT2D eigenvalue weighted by molar-refractivity contribution is 5.96. The topological polar surface area (TPSA) is 112 Å². The zero-order valence-electron chi connectivity index (χ0n) is 17.8. The van der Waals surface area contributed by atoms with Gasteiger partial charge in [0.15, 0.2) is 5.82 Å². The van der Waals surface area contributed by atoms with Crippen LogP contribution in [0.5, 0.6) is 0 Å². The molecule has 0 unspecified atom stereocenters. The van der Waals surface area contributed by atoms with Crippen molar-refractivity contribution in [1.82, 2.24) is 35.7 Å². The number of tetrazole rings is 1. The maximum absolute atomic E-state index is 13.0. The van der Waals surface area contributed by atoms with Crippen molar-refractivity contribution < 1.29 is 9.32 Å². The smallest absolute Gasteiger partial charge is 0.251 e. The molecule has 3 heterocycles. The summed E-state index contributed by atoms with van der Waals surface area (Å²) in [4.78, 5) is 17.5. The Morgan fingerprint density at radius 1 is 1.16 bits per heavy atom. The number of amides is 1. The summed E-state index contributed by atoms with van der Waals surface area (Å²) in [6.45, 7) is 8.08. The summed E-state index contributed by atoms with van der Waals surface area (Å²) < 4.78 is 6.71. The molecule has 0 bridgehead atoms. The molecule has 0 aliphatic heterocycles. The van der Waals surface area contributed by atoms with Gasteiger partial charge in [0.2, 0.25) is 0 Å². The van der Waals surface area contributed by atoms with Gasteiger partial charge in [-0.25, -0.2) is 0 Å². The number of pyridine rings is 1. The third-order valence-corrected chi connectivity index (χ3v) is 4.75. The van der Waals surface area contributed by atoms with Crippen LogP contribution in [0.2, 0.25) is 0 Å². The highest BCUT2D eigenvalue weighted by atomic mass is 16.5. The minimum Gasteiger partial charge on any atom is -0.361 e.